The molecule has 3 heteroatoms. The highest BCUT2D eigenvalue weighted by atomic mass is 16.5. The Morgan fingerprint density at radius 1 is 0.903 bits per heavy atom. The summed E-state index contributed by atoms with van der Waals surface area (Å²) in [5.41, 5.74) is 4.30. The first kappa shape index (κ1) is 22.6. The largest absolute Gasteiger partial charge is 0.496 e. The topological polar surface area (TPSA) is 38.3 Å². The van der Waals surface area contributed by atoms with E-state index >= 15 is 0 Å². The summed E-state index contributed by atoms with van der Waals surface area (Å²) in [6, 6.07) is 26.7. The Morgan fingerprint density at radius 3 is 2.42 bits per heavy atom. The Balaban J connectivity index is 1.60. The molecule has 0 aliphatic carbocycles. The number of benzene rings is 3. The van der Waals surface area contributed by atoms with Gasteiger partial charge in [-0.3, -0.25) is 4.79 Å². The van der Waals surface area contributed by atoms with Crippen LogP contribution in [0.2, 0.25) is 0 Å². The minimum absolute atomic E-state index is 0.0139. The van der Waals surface area contributed by atoms with Crippen LogP contribution in [0.3, 0.4) is 0 Å². The lowest BCUT2D eigenvalue weighted by molar-refractivity contribution is 0.0932. The molecule has 3 rings (SSSR count). The number of hydrogen-bond donors (Lipinski definition) is 1. The SMILES string of the molecule is CCCC(CCCc1ccccc1)NC(=O)c1cccc(Cc2ccccc2OC)c1. The number of carbonyl (C=O) groups is 1. The second kappa shape index (κ2) is 11.9. The minimum Gasteiger partial charge on any atom is -0.496 e. The lowest BCUT2D eigenvalue weighted by Gasteiger charge is -2.18. The van der Waals surface area contributed by atoms with Gasteiger partial charge in [-0.1, -0.05) is 74.0 Å². The predicted octanol–water partition coefficient (Wildman–Crippen LogP) is 6.21. The third kappa shape index (κ3) is 6.99. The molecule has 0 aliphatic rings. The number of rotatable bonds is 11. The molecule has 0 bridgehead atoms. The maximum absolute atomic E-state index is 13.0. The van der Waals surface area contributed by atoms with E-state index < -0.39 is 0 Å². The van der Waals surface area contributed by atoms with Crippen molar-refractivity contribution in [2.24, 2.45) is 0 Å². The van der Waals surface area contributed by atoms with Gasteiger partial charge in [0.1, 0.15) is 5.75 Å². The molecule has 0 spiro atoms. The van der Waals surface area contributed by atoms with Crippen LogP contribution in [-0.2, 0) is 12.8 Å². The van der Waals surface area contributed by atoms with Crippen molar-refractivity contribution in [3.05, 3.63) is 101 Å². The highest BCUT2D eigenvalue weighted by Crippen LogP contribution is 2.21. The molecule has 0 fully saturated rings. The first-order valence-corrected chi connectivity index (χ1v) is 11.2. The molecule has 3 aromatic carbocycles. The van der Waals surface area contributed by atoms with E-state index in [1.807, 2.05) is 42.5 Å². The van der Waals surface area contributed by atoms with Crippen LogP contribution in [0, 0.1) is 0 Å². The second-order valence-corrected chi connectivity index (χ2v) is 8.03. The van der Waals surface area contributed by atoms with E-state index in [0.29, 0.717) is 0 Å². The molecule has 31 heavy (non-hydrogen) atoms. The van der Waals surface area contributed by atoms with Gasteiger partial charge in [-0.15, -0.1) is 0 Å². The summed E-state index contributed by atoms with van der Waals surface area (Å²) >= 11 is 0. The number of nitrogens with one attached hydrogen (secondary N) is 1. The minimum atomic E-state index is 0.0139. The second-order valence-electron chi connectivity index (χ2n) is 8.03. The maximum Gasteiger partial charge on any atom is 0.251 e. The Bertz CT molecular complexity index is 952. The van der Waals surface area contributed by atoms with Crippen molar-refractivity contribution in [3.8, 4) is 5.75 Å². The molecular formula is C28H33NO2. The molecule has 0 aromatic heterocycles. The van der Waals surface area contributed by atoms with Gasteiger partial charge in [-0.25, -0.2) is 0 Å². The summed E-state index contributed by atoms with van der Waals surface area (Å²) in [6.45, 7) is 2.17. The first-order chi connectivity index (χ1) is 15.2. The summed E-state index contributed by atoms with van der Waals surface area (Å²) in [7, 11) is 1.69. The molecule has 0 saturated heterocycles. The van der Waals surface area contributed by atoms with E-state index in [-0.39, 0.29) is 11.9 Å². The average Bonchev–Trinajstić information content (AvgIpc) is 2.80. The summed E-state index contributed by atoms with van der Waals surface area (Å²) in [5, 5.41) is 3.27. The van der Waals surface area contributed by atoms with E-state index in [2.05, 4.69) is 48.6 Å². The van der Waals surface area contributed by atoms with Gasteiger partial charge < -0.3 is 10.1 Å². The molecule has 1 N–H and O–H groups in total. The number of amides is 1. The van der Waals surface area contributed by atoms with Gasteiger partial charge in [-0.05, 0) is 60.6 Å². The Kier molecular flexibility index (Phi) is 8.71. The van der Waals surface area contributed by atoms with Crippen LogP contribution in [0.25, 0.3) is 0 Å². The van der Waals surface area contributed by atoms with E-state index in [9.17, 15) is 4.79 Å². The van der Waals surface area contributed by atoms with Crippen LogP contribution < -0.4 is 10.1 Å². The number of methoxy groups -OCH3 is 1. The quantitative estimate of drug-likeness (QED) is 0.404. The standard InChI is InChI=1S/C28H33NO2/c1-3-11-26(18-10-14-22-12-5-4-6-13-22)29-28(30)25-17-9-15-23(21-25)20-24-16-7-8-19-27(24)31-2/h4-9,12-13,15-17,19,21,26H,3,10-11,14,18,20H2,1-2H3,(H,29,30). The smallest absolute Gasteiger partial charge is 0.251 e. The van der Waals surface area contributed by atoms with Gasteiger partial charge in [-0.2, -0.15) is 0 Å². The highest BCUT2D eigenvalue weighted by molar-refractivity contribution is 5.94. The third-order valence-corrected chi connectivity index (χ3v) is 5.61. The zero-order valence-electron chi connectivity index (χ0n) is 18.6. The van der Waals surface area contributed by atoms with Gasteiger partial charge in [0.15, 0.2) is 0 Å². The Morgan fingerprint density at radius 2 is 1.65 bits per heavy atom. The van der Waals surface area contributed by atoms with Crippen molar-refractivity contribution in [3.63, 3.8) is 0 Å². The molecule has 3 aromatic rings. The van der Waals surface area contributed by atoms with Gasteiger partial charge in [0.05, 0.1) is 7.11 Å². The normalized spacial score (nSPS) is 11.7. The molecule has 0 saturated carbocycles. The Hall–Kier alpha value is -3.07. The number of hydrogen-bond acceptors (Lipinski definition) is 2. The molecule has 162 valence electrons. The van der Waals surface area contributed by atoms with Gasteiger partial charge >= 0.3 is 0 Å². The lowest BCUT2D eigenvalue weighted by atomic mass is 10.00. The molecule has 1 amide bonds. The Labute approximate surface area is 186 Å². The van der Waals surface area contributed by atoms with E-state index in [1.54, 1.807) is 7.11 Å². The zero-order chi connectivity index (χ0) is 21.9. The van der Waals surface area contributed by atoms with Crippen molar-refractivity contribution >= 4 is 5.91 Å². The summed E-state index contributed by atoms with van der Waals surface area (Å²) < 4.78 is 5.46. The van der Waals surface area contributed by atoms with Crippen LogP contribution in [0.15, 0.2) is 78.9 Å². The van der Waals surface area contributed by atoms with Crippen LogP contribution >= 0.6 is 0 Å². The molecule has 3 nitrogen and oxygen atoms in total. The molecular weight excluding hydrogens is 382 g/mol. The van der Waals surface area contributed by atoms with E-state index in [1.165, 1.54) is 5.56 Å². The summed E-state index contributed by atoms with van der Waals surface area (Å²) in [5.74, 6) is 0.888. The number of para-hydroxylation sites is 1. The highest BCUT2D eigenvalue weighted by Gasteiger charge is 2.14. The van der Waals surface area contributed by atoms with Crippen LogP contribution in [0.4, 0.5) is 0 Å². The van der Waals surface area contributed by atoms with Crippen molar-refractivity contribution in [1.29, 1.82) is 0 Å². The van der Waals surface area contributed by atoms with E-state index in [4.69, 9.17) is 4.74 Å². The summed E-state index contributed by atoms with van der Waals surface area (Å²) in [6.07, 6.45) is 5.91. The number of carbonyl (C=O) groups excluding carboxylic acids is 1. The zero-order valence-corrected chi connectivity index (χ0v) is 18.6. The number of ether oxygens (including phenoxy) is 1. The summed E-state index contributed by atoms with van der Waals surface area (Å²) in [4.78, 5) is 13.0. The van der Waals surface area contributed by atoms with Crippen molar-refractivity contribution in [2.45, 2.75) is 51.5 Å². The van der Waals surface area contributed by atoms with Crippen LogP contribution in [-0.4, -0.2) is 19.1 Å². The average molecular weight is 416 g/mol. The maximum atomic E-state index is 13.0. The van der Waals surface area contributed by atoms with Crippen molar-refractivity contribution < 1.29 is 9.53 Å². The predicted molar refractivity (Wildman–Crippen MR) is 128 cm³/mol. The molecule has 1 atom stereocenters. The molecule has 0 aliphatic heterocycles. The lowest BCUT2D eigenvalue weighted by Crippen LogP contribution is -2.34. The number of aryl methyl sites for hydroxylation is 1. The fraction of sp³-hybridized carbons (Fsp3) is 0.321. The fourth-order valence-electron chi connectivity index (χ4n) is 3.99. The van der Waals surface area contributed by atoms with Gasteiger partial charge in [0.25, 0.3) is 5.91 Å². The van der Waals surface area contributed by atoms with Crippen LogP contribution in [0.5, 0.6) is 5.75 Å². The monoisotopic (exact) mass is 415 g/mol. The molecule has 0 heterocycles. The van der Waals surface area contributed by atoms with Crippen molar-refractivity contribution in [2.75, 3.05) is 7.11 Å². The molecule has 0 radical (unpaired) electrons. The molecule has 1 unspecified atom stereocenters. The van der Waals surface area contributed by atoms with Gasteiger partial charge in [0.2, 0.25) is 0 Å². The van der Waals surface area contributed by atoms with Crippen molar-refractivity contribution in [1.82, 2.24) is 5.32 Å². The first-order valence-electron chi connectivity index (χ1n) is 11.2. The van der Waals surface area contributed by atoms with Crippen LogP contribution in [0.1, 0.15) is 59.7 Å². The van der Waals surface area contributed by atoms with Gasteiger partial charge in [0, 0.05) is 18.0 Å². The third-order valence-electron chi connectivity index (χ3n) is 5.61. The van der Waals surface area contributed by atoms with E-state index in [0.717, 1.165) is 61.0 Å². The fourth-order valence-corrected chi connectivity index (χ4v) is 3.99.